The number of aliphatic hydroxyl groups excluding tert-OH is 1. The summed E-state index contributed by atoms with van der Waals surface area (Å²) in [6.45, 7) is 18.7. The van der Waals surface area contributed by atoms with Gasteiger partial charge in [-0.3, -0.25) is 9.59 Å². The average Bonchev–Trinajstić information content (AvgIpc) is 3.25. The highest BCUT2D eigenvalue weighted by Gasteiger charge is 2.70. The average molecular weight is 574 g/mol. The number of amides is 1. The number of aliphatic hydroxyl groups is 1. The summed E-state index contributed by atoms with van der Waals surface area (Å²) in [5.41, 5.74) is 2.90. The van der Waals surface area contributed by atoms with Crippen LogP contribution in [-0.2, 0) is 9.59 Å². The molecule has 2 N–H and O–H groups in total. The highest BCUT2D eigenvalue weighted by molar-refractivity contribution is 6.07. The molecule has 9 atom stereocenters. The summed E-state index contributed by atoms with van der Waals surface area (Å²) in [6, 6.07) is 10.1. The van der Waals surface area contributed by atoms with E-state index in [0.29, 0.717) is 18.3 Å². The van der Waals surface area contributed by atoms with Crippen LogP contribution in [0.1, 0.15) is 125 Å². The fourth-order valence-corrected chi connectivity index (χ4v) is 12.0. The standard InChI is InChI=1S/C38H55NO3/c1-23(2)31-27(40)22-38(33(42)39-24(3)25-12-10-9-11-13-25)21-20-36(7)26(32(31)38)14-15-29-35(6)18-17-30(41)34(4,5)28(35)16-19-37(29,36)8/h9-13,23-24,26,28-30,41H,14-22H2,1-8H3,(H,39,42)/t24?,26?,28?,29?,30-,35-,36+,37+,38+/m0/s1. The fraction of sp³-hybridized carbons (Fsp3) is 0.737. The number of Topliss-reactive ketones (excluding diaryl/α,β-unsaturated/α-hetero) is 1. The van der Waals surface area contributed by atoms with E-state index >= 15 is 0 Å². The zero-order valence-corrected chi connectivity index (χ0v) is 27.5. The zero-order valence-electron chi connectivity index (χ0n) is 27.5. The Balaban J connectivity index is 1.40. The second kappa shape index (κ2) is 9.78. The number of carbonyl (C=O) groups is 2. The number of hydrogen-bond donors (Lipinski definition) is 2. The van der Waals surface area contributed by atoms with Crippen LogP contribution in [0.25, 0.3) is 0 Å². The van der Waals surface area contributed by atoms with Crippen molar-refractivity contribution in [2.75, 3.05) is 0 Å². The molecule has 1 amide bonds. The largest absolute Gasteiger partial charge is 0.393 e. The van der Waals surface area contributed by atoms with Crippen molar-refractivity contribution in [2.24, 2.45) is 50.7 Å². The van der Waals surface area contributed by atoms with E-state index in [9.17, 15) is 14.7 Å². The van der Waals surface area contributed by atoms with Crippen LogP contribution < -0.4 is 5.32 Å². The molecule has 0 aliphatic heterocycles. The minimum Gasteiger partial charge on any atom is -0.393 e. The van der Waals surface area contributed by atoms with Crippen molar-refractivity contribution >= 4 is 11.7 Å². The third kappa shape index (κ3) is 3.88. The number of rotatable bonds is 4. The van der Waals surface area contributed by atoms with Gasteiger partial charge in [0.25, 0.3) is 0 Å². The lowest BCUT2D eigenvalue weighted by molar-refractivity contribution is -0.228. The monoisotopic (exact) mass is 573 g/mol. The molecule has 0 aromatic heterocycles. The van der Waals surface area contributed by atoms with Crippen LogP contribution >= 0.6 is 0 Å². The summed E-state index contributed by atoms with van der Waals surface area (Å²) in [5.74, 6) is 1.77. The van der Waals surface area contributed by atoms with Gasteiger partial charge < -0.3 is 10.4 Å². The third-order valence-electron chi connectivity index (χ3n) is 14.5. The molecule has 4 saturated carbocycles. The summed E-state index contributed by atoms with van der Waals surface area (Å²) in [4.78, 5) is 28.3. The van der Waals surface area contributed by atoms with Gasteiger partial charge in [0, 0.05) is 6.42 Å². The quantitative estimate of drug-likeness (QED) is 0.381. The Hall–Kier alpha value is -1.94. The number of hydrogen-bond acceptors (Lipinski definition) is 3. The molecule has 230 valence electrons. The molecule has 0 bridgehead atoms. The summed E-state index contributed by atoms with van der Waals surface area (Å²) in [7, 11) is 0. The summed E-state index contributed by atoms with van der Waals surface area (Å²) in [5, 5.41) is 14.4. The number of allylic oxidation sites excluding steroid dienone is 1. The number of benzene rings is 1. The van der Waals surface area contributed by atoms with Gasteiger partial charge in [0.15, 0.2) is 5.78 Å². The Morgan fingerprint density at radius 2 is 1.55 bits per heavy atom. The molecule has 0 heterocycles. The maximum absolute atomic E-state index is 14.5. The van der Waals surface area contributed by atoms with Crippen molar-refractivity contribution in [3.8, 4) is 0 Å². The van der Waals surface area contributed by atoms with Crippen LogP contribution in [0.5, 0.6) is 0 Å². The molecule has 42 heavy (non-hydrogen) atoms. The number of nitrogens with one attached hydrogen (secondary N) is 1. The smallest absolute Gasteiger partial charge is 0.231 e. The van der Waals surface area contributed by atoms with Gasteiger partial charge in [0.05, 0.1) is 17.6 Å². The number of fused-ring (bicyclic) bond motifs is 7. The molecule has 0 spiro atoms. The highest BCUT2D eigenvalue weighted by atomic mass is 16.3. The Morgan fingerprint density at radius 1 is 0.857 bits per heavy atom. The molecule has 5 aliphatic rings. The lowest BCUT2D eigenvalue weighted by Crippen LogP contribution is -2.66. The summed E-state index contributed by atoms with van der Waals surface area (Å²) < 4.78 is 0. The molecule has 4 heteroatoms. The van der Waals surface area contributed by atoms with E-state index in [0.717, 1.165) is 56.1 Å². The van der Waals surface area contributed by atoms with Gasteiger partial charge in [-0.1, -0.05) is 78.8 Å². The van der Waals surface area contributed by atoms with Crippen LogP contribution in [0.4, 0.5) is 0 Å². The Labute approximate surface area is 254 Å². The third-order valence-corrected chi connectivity index (χ3v) is 14.5. The van der Waals surface area contributed by atoms with E-state index in [4.69, 9.17) is 0 Å². The predicted molar refractivity (Wildman–Crippen MR) is 168 cm³/mol. The number of carbonyl (C=O) groups excluding carboxylic acids is 2. The summed E-state index contributed by atoms with van der Waals surface area (Å²) in [6.07, 6.45) is 8.40. The van der Waals surface area contributed by atoms with Crippen molar-refractivity contribution in [1.29, 1.82) is 0 Å². The van der Waals surface area contributed by atoms with Crippen molar-refractivity contribution in [3.63, 3.8) is 0 Å². The van der Waals surface area contributed by atoms with Gasteiger partial charge in [0.1, 0.15) is 0 Å². The van der Waals surface area contributed by atoms with Crippen LogP contribution in [0.3, 0.4) is 0 Å². The molecular formula is C38H55NO3. The second-order valence-corrected chi connectivity index (χ2v) is 16.8. The Kier molecular flexibility index (Phi) is 7.01. The highest BCUT2D eigenvalue weighted by Crippen LogP contribution is 2.76. The van der Waals surface area contributed by atoms with Gasteiger partial charge in [-0.25, -0.2) is 0 Å². The van der Waals surface area contributed by atoms with Gasteiger partial charge >= 0.3 is 0 Å². The van der Waals surface area contributed by atoms with E-state index < -0.39 is 5.41 Å². The van der Waals surface area contributed by atoms with E-state index in [1.54, 1.807) is 0 Å². The minimum absolute atomic E-state index is 0.0407. The van der Waals surface area contributed by atoms with E-state index in [1.165, 1.54) is 12.0 Å². The van der Waals surface area contributed by atoms with Crippen LogP contribution in [0, 0.1) is 50.7 Å². The van der Waals surface area contributed by atoms with Crippen LogP contribution in [0.15, 0.2) is 41.5 Å². The van der Waals surface area contributed by atoms with Gasteiger partial charge in [0.2, 0.25) is 5.91 Å². The molecule has 4 unspecified atom stereocenters. The van der Waals surface area contributed by atoms with Crippen molar-refractivity contribution in [3.05, 3.63) is 47.0 Å². The van der Waals surface area contributed by atoms with Crippen molar-refractivity contribution in [2.45, 2.75) is 125 Å². The summed E-state index contributed by atoms with van der Waals surface area (Å²) >= 11 is 0. The first-order chi connectivity index (χ1) is 19.6. The predicted octanol–water partition coefficient (Wildman–Crippen LogP) is 8.21. The molecule has 4 fully saturated rings. The Morgan fingerprint density at radius 3 is 2.21 bits per heavy atom. The van der Waals surface area contributed by atoms with E-state index in [1.807, 2.05) is 18.2 Å². The fourth-order valence-electron chi connectivity index (χ4n) is 12.0. The van der Waals surface area contributed by atoms with Gasteiger partial charge in [-0.15, -0.1) is 0 Å². The minimum atomic E-state index is -0.717. The first kappa shape index (κ1) is 30.1. The van der Waals surface area contributed by atoms with E-state index in [-0.39, 0.29) is 57.3 Å². The molecule has 1 aromatic rings. The normalized spacial score (nSPS) is 43.2. The molecule has 1 aromatic carbocycles. The van der Waals surface area contributed by atoms with Gasteiger partial charge in [-0.2, -0.15) is 0 Å². The molecular weight excluding hydrogens is 518 g/mol. The van der Waals surface area contributed by atoms with Crippen LogP contribution in [-0.4, -0.2) is 22.9 Å². The van der Waals surface area contributed by atoms with Crippen molar-refractivity contribution in [1.82, 2.24) is 5.32 Å². The molecule has 4 nitrogen and oxygen atoms in total. The molecule has 5 aliphatic carbocycles. The topological polar surface area (TPSA) is 66.4 Å². The first-order valence-corrected chi connectivity index (χ1v) is 17.0. The van der Waals surface area contributed by atoms with Gasteiger partial charge in [-0.05, 0) is 120 Å². The SMILES string of the molecule is CC(C)C1=C2C3CCC4[C@@]5(C)CC[C@H](O)C(C)(C)C5CC[C@@]4(C)[C@]3(C)CC[C@@]2(C(=O)NC(C)c2ccccc2)CC1=O. The second-order valence-electron chi connectivity index (χ2n) is 16.8. The molecule has 6 rings (SSSR count). The molecule has 0 radical (unpaired) electrons. The zero-order chi connectivity index (χ0) is 30.5. The van der Waals surface area contributed by atoms with Crippen LogP contribution in [0.2, 0.25) is 0 Å². The lowest BCUT2D eigenvalue weighted by Gasteiger charge is -2.72. The lowest BCUT2D eigenvalue weighted by atomic mass is 9.33. The van der Waals surface area contributed by atoms with E-state index in [2.05, 4.69) is 72.8 Å². The maximum atomic E-state index is 14.5. The first-order valence-electron chi connectivity index (χ1n) is 17.0. The molecule has 0 saturated heterocycles. The Bertz CT molecular complexity index is 1300. The van der Waals surface area contributed by atoms with Crippen molar-refractivity contribution < 1.29 is 14.7 Å². The maximum Gasteiger partial charge on any atom is 0.231 e. The number of ketones is 1.